The van der Waals surface area contributed by atoms with Crippen molar-refractivity contribution >= 4 is 9.84 Å². The maximum Gasteiger partial charge on any atom is 0.227 e. The van der Waals surface area contributed by atoms with Crippen LogP contribution in [0.5, 0.6) is 0 Å². The van der Waals surface area contributed by atoms with E-state index >= 15 is 0 Å². The molecule has 1 aliphatic rings. The number of imidazole rings is 1. The van der Waals surface area contributed by atoms with E-state index in [1.807, 2.05) is 25.3 Å². The molecule has 2 heterocycles. The Balaban J connectivity index is 2.26. The topological polar surface area (TPSA) is 67.7 Å². The Morgan fingerprint density at radius 3 is 2.58 bits per heavy atom. The lowest BCUT2D eigenvalue weighted by Crippen LogP contribution is -2.49. The molecule has 1 saturated heterocycles. The summed E-state index contributed by atoms with van der Waals surface area (Å²) in [6, 6.07) is 0.489. The largest absolute Gasteiger partial charge is 0.383 e. The Morgan fingerprint density at radius 2 is 2.00 bits per heavy atom. The van der Waals surface area contributed by atoms with Crippen LogP contribution in [0.2, 0.25) is 0 Å². The molecule has 2 rings (SSSR count). The fraction of sp³-hybridized carbons (Fsp3) is 0.833. The minimum absolute atomic E-state index is 0.0784. The summed E-state index contributed by atoms with van der Waals surface area (Å²) >= 11 is 0. The van der Waals surface area contributed by atoms with Gasteiger partial charge in [-0.1, -0.05) is 20.8 Å². The lowest BCUT2D eigenvalue weighted by atomic mass is 10.0. The summed E-state index contributed by atoms with van der Waals surface area (Å²) in [6.45, 7) is 12.6. The van der Waals surface area contributed by atoms with E-state index in [0.717, 1.165) is 25.3 Å². The van der Waals surface area contributed by atoms with Crippen molar-refractivity contribution in [3.05, 3.63) is 11.9 Å². The Morgan fingerprint density at radius 1 is 1.31 bits per heavy atom. The van der Waals surface area contributed by atoms with Gasteiger partial charge in [0.15, 0.2) is 0 Å². The van der Waals surface area contributed by atoms with Gasteiger partial charge in [0.2, 0.25) is 15.0 Å². The van der Waals surface area contributed by atoms with Crippen LogP contribution in [-0.4, -0.2) is 80.0 Å². The molecule has 26 heavy (non-hydrogen) atoms. The van der Waals surface area contributed by atoms with Crippen molar-refractivity contribution in [2.24, 2.45) is 5.41 Å². The minimum Gasteiger partial charge on any atom is -0.383 e. The molecule has 0 aliphatic carbocycles. The van der Waals surface area contributed by atoms with E-state index in [9.17, 15) is 8.42 Å². The van der Waals surface area contributed by atoms with Gasteiger partial charge in [0.1, 0.15) is 0 Å². The second kappa shape index (κ2) is 8.37. The summed E-state index contributed by atoms with van der Waals surface area (Å²) in [7, 11) is 0.319. The van der Waals surface area contributed by atoms with E-state index < -0.39 is 9.84 Å². The molecule has 0 N–H and O–H groups in total. The third-order valence-electron chi connectivity index (χ3n) is 4.75. The summed E-state index contributed by atoms with van der Waals surface area (Å²) < 4.78 is 32.8. The van der Waals surface area contributed by atoms with Crippen LogP contribution >= 0.6 is 0 Å². The second-order valence-electron chi connectivity index (χ2n) is 8.56. The van der Waals surface area contributed by atoms with Gasteiger partial charge < -0.3 is 14.2 Å². The number of piperazine rings is 1. The first-order chi connectivity index (χ1) is 12.0. The fourth-order valence-corrected chi connectivity index (χ4v) is 5.35. The number of ether oxygens (including phenoxy) is 1. The van der Waals surface area contributed by atoms with E-state index in [4.69, 9.17) is 4.74 Å². The van der Waals surface area contributed by atoms with Gasteiger partial charge in [-0.2, -0.15) is 0 Å². The zero-order valence-corrected chi connectivity index (χ0v) is 17.8. The number of nitrogens with zero attached hydrogens (tertiary/aromatic N) is 4. The highest BCUT2D eigenvalue weighted by Gasteiger charge is 2.29. The fourth-order valence-electron chi connectivity index (χ4n) is 3.32. The van der Waals surface area contributed by atoms with E-state index in [1.165, 1.54) is 0 Å². The van der Waals surface area contributed by atoms with Crippen LogP contribution in [0.4, 0.5) is 0 Å². The number of rotatable bonds is 7. The highest BCUT2D eigenvalue weighted by Crippen LogP contribution is 2.23. The monoisotopic (exact) mass is 386 g/mol. The lowest BCUT2D eigenvalue weighted by Gasteiger charge is -2.37. The van der Waals surface area contributed by atoms with Gasteiger partial charge in [0, 0.05) is 45.9 Å². The predicted molar refractivity (Wildman–Crippen MR) is 103 cm³/mol. The Kier molecular flexibility index (Phi) is 6.87. The van der Waals surface area contributed by atoms with Crippen LogP contribution in [0.3, 0.4) is 0 Å². The summed E-state index contributed by atoms with van der Waals surface area (Å²) in [4.78, 5) is 9.02. The van der Waals surface area contributed by atoms with Crippen molar-refractivity contribution < 1.29 is 13.2 Å². The summed E-state index contributed by atoms with van der Waals surface area (Å²) in [5.41, 5.74) is 0.621. The minimum atomic E-state index is -3.45. The molecular formula is C18H34N4O3S. The molecule has 0 bridgehead atoms. The van der Waals surface area contributed by atoms with Gasteiger partial charge in [0.25, 0.3) is 0 Å². The van der Waals surface area contributed by atoms with Gasteiger partial charge in [-0.05, 0) is 19.4 Å². The highest BCUT2D eigenvalue weighted by molar-refractivity contribution is 7.91. The number of likely N-dealkylation sites (N-methyl/N-ethyl adjacent to an activating group) is 1. The van der Waals surface area contributed by atoms with Crippen molar-refractivity contribution in [2.75, 3.05) is 46.2 Å². The van der Waals surface area contributed by atoms with Crippen molar-refractivity contribution in [1.82, 2.24) is 19.4 Å². The highest BCUT2D eigenvalue weighted by atomic mass is 32.2. The normalized spacial score (nSPS) is 20.6. The van der Waals surface area contributed by atoms with Gasteiger partial charge in [0.05, 0.1) is 24.3 Å². The first-order valence-corrected chi connectivity index (χ1v) is 10.9. The van der Waals surface area contributed by atoms with Crippen LogP contribution in [-0.2, 0) is 27.7 Å². The quantitative estimate of drug-likeness (QED) is 0.707. The summed E-state index contributed by atoms with van der Waals surface area (Å²) in [5, 5.41) is 0.168. The summed E-state index contributed by atoms with van der Waals surface area (Å²) in [5.74, 6) is 0.0784. The molecular weight excluding hydrogens is 352 g/mol. The van der Waals surface area contributed by atoms with Crippen LogP contribution in [0, 0.1) is 5.41 Å². The van der Waals surface area contributed by atoms with Crippen LogP contribution in [0.25, 0.3) is 0 Å². The average Bonchev–Trinajstić information content (AvgIpc) is 2.90. The second-order valence-corrected chi connectivity index (χ2v) is 10.4. The molecule has 0 spiro atoms. The Bertz CT molecular complexity index is 694. The molecule has 0 radical (unpaired) electrons. The van der Waals surface area contributed by atoms with Crippen molar-refractivity contribution in [2.45, 2.75) is 52.0 Å². The number of methoxy groups -OCH3 is 1. The molecule has 1 atom stereocenters. The molecule has 1 aromatic rings. The van der Waals surface area contributed by atoms with Crippen LogP contribution in [0.15, 0.2) is 11.4 Å². The molecule has 0 saturated carbocycles. The van der Waals surface area contributed by atoms with E-state index in [-0.39, 0.29) is 16.3 Å². The lowest BCUT2D eigenvalue weighted by molar-refractivity contribution is 0.0972. The SMILES string of the molecule is COCCn1c(CN2CCN(C)[C@@H](C)C2)cnc1S(=O)(=O)CC(C)(C)C. The number of sulfone groups is 1. The maximum atomic E-state index is 12.9. The van der Waals surface area contributed by atoms with Gasteiger partial charge in [-0.3, -0.25) is 4.90 Å². The van der Waals surface area contributed by atoms with Crippen LogP contribution in [0.1, 0.15) is 33.4 Å². The number of hydrogen-bond donors (Lipinski definition) is 0. The van der Waals surface area contributed by atoms with Crippen molar-refractivity contribution in [1.29, 1.82) is 0 Å². The smallest absolute Gasteiger partial charge is 0.227 e. The van der Waals surface area contributed by atoms with Gasteiger partial charge >= 0.3 is 0 Å². The van der Waals surface area contributed by atoms with Crippen molar-refractivity contribution in [3.63, 3.8) is 0 Å². The van der Waals surface area contributed by atoms with Crippen molar-refractivity contribution in [3.8, 4) is 0 Å². The maximum absolute atomic E-state index is 12.9. The third-order valence-corrected chi connectivity index (χ3v) is 6.88. The molecule has 1 aromatic heterocycles. The van der Waals surface area contributed by atoms with E-state index in [1.54, 1.807) is 13.3 Å². The zero-order chi connectivity index (χ0) is 19.5. The van der Waals surface area contributed by atoms with Gasteiger partial charge in [-0.25, -0.2) is 13.4 Å². The molecule has 7 nitrogen and oxygen atoms in total. The Labute approximate surface area is 158 Å². The first kappa shape index (κ1) is 21.3. The summed E-state index contributed by atoms with van der Waals surface area (Å²) in [6.07, 6.45) is 1.72. The molecule has 8 heteroatoms. The average molecular weight is 387 g/mol. The Hall–Kier alpha value is -0.960. The standard InChI is InChI=1S/C18H34N4O3S/c1-15-12-21(8-7-20(15)5)13-16-11-19-17(22(16)9-10-25-6)26(23,24)14-18(2,3)4/h11,15H,7-10,12-14H2,1-6H3/t15-/m0/s1. The molecule has 0 unspecified atom stereocenters. The molecule has 1 aliphatic heterocycles. The van der Waals surface area contributed by atoms with Gasteiger partial charge in [-0.15, -0.1) is 0 Å². The zero-order valence-electron chi connectivity index (χ0n) is 17.0. The van der Waals surface area contributed by atoms with E-state index in [2.05, 4.69) is 28.8 Å². The number of hydrogen-bond acceptors (Lipinski definition) is 6. The third kappa shape index (κ3) is 5.52. The van der Waals surface area contributed by atoms with E-state index in [0.29, 0.717) is 25.7 Å². The molecule has 150 valence electrons. The molecule has 1 fully saturated rings. The van der Waals surface area contributed by atoms with Crippen LogP contribution < -0.4 is 0 Å². The molecule has 0 amide bonds. The first-order valence-electron chi connectivity index (χ1n) is 9.22. The molecule has 0 aromatic carbocycles. The predicted octanol–water partition coefficient (Wildman–Crippen LogP) is 1.49. The number of aromatic nitrogens is 2.